The van der Waals surface area contributed by atoms with Crippen LogP contribution in [0.1, 0.15) is 45.3 Å². The molecule has 1 unspecified atom stereocenters. The Labute approximate surface area is 168 Å². The van der Waals surface area contributed by atoms with Gasteiger partial charge in [0.05, 0.1) is 12.0 Å². The maximum atomic E-state index is 13.6. The van der Waals surface area contributed by atoms with Gasteiger partial charge in [-0.25, -0.2) is 0 Å². The molecule has 0 bridgehead atoms. The van der Waals surface area contributed by atoms with Crippen molar-refractivity contribution in [2.24, 2.45) is 5.10 Å². The molecule has 2 heterocycles. The fraction of sp³-hybridized carbons (Fsp3) is 0.400. The summed E-state index contributed by atoms with van der Waals surface area (Å²) < 4.78 is 6.38. The third-order valence-corrected chi connectivity index (χ3v) is 5.78. The Morgan fingerprint density at radius 2 is 2.11 bits per heavy atom. The van der Waals surface area contributed by atoms with Crippen molar-refractivity contribution in [1.29, 1.82) is 0 Å². The van der Waals surface area contributed by atoms with Crippen molar-refractivity contribution < 1.29 is 14.4 Å². The van der Waals surface area contributed by atoms with E-state index >= 15 is 0 Å². The summed E-state index contributed by atoms with van der Waals surface area (Å²) in [6, 6.07) is 10.7. The zero-order valence-electron chi connectivity index (χ0n) is 15.9. The molecule has 0 saturated heterocycles. The van der Waals surface area contributed by atoms with E-state index in [1.165, 1.54) is 6.26 Å². The van der Waals surface area contributed by atoms with E-state index in [-0.39, 0.29) is 0 Å². The zero-order chi connectivity index (χ0) is 19.9. The van der Waals surface area contributed by atoms with Gasteiger partial charge < -0.3 is 14.8 Å². The first-order valence-electron chi connectivity index (χ1n) is 9.34. The van der Waals surface area contributed by atoms with Crippen LogP contribution >= 0.6 is 11.6 Å². The fourth-order valence-corrected chi connectivity index (χ4v) is 4.38. The third-order valence-electron chi connectivity index (χ3n) is 5.55. The lowest BCUT2D eigenvalue weighted by Crippen LogP contribution is -2.60. The quantitative estimate of drug-likeness (QED) is 0.449. The van der Waals surface area contributed by atoms with Crippen LogP contribution in [0.2, 0.25) is 5.02 Å². The number of anilines is 1. The van der Waals surface area contributed by atoms with Gasteiger partial charge in [0.2, 0.25) is 0 Å². The summed E-state index contributed by atoms with van der Waals surface area (Å²) in [5, 5.41) is 31.0. The summed E-state index contributed by atoms with van der Waals surface area (Å²) in [6.45, 7) is 3.61. The zero-order valence-corrected chi connectivity index (χ0v) is 16.6. The fourth-order valence-electron chi connectivity index (χ4n) is 4.19. The normalized spacial score (nSPS) is 26.4. The molecule has 1 aliphatic carbocycles. The minimum Gasteiger partial charge on any atom is -0.622 e. The van der Waals surface area contributed by atoms with Gasteiger partial charge in [0.15, 0.2) is 5.76 Å². The molecule has 7 nitrogen and oxygen atoms in total. The average Bonchev–Trinajstić information content (AvgIpc) is 3.23. The van der Waals surface area contributed by atoms with Crippen LogP contribution in [0.15, 0.2) is 52.2 Å². The van der Waals surface area contributed by atoms with Crippen LogP contribution in [0.5, 0.6) is 0 Å². The Kier molecular flexibility index (Phi) is 4.69. The standard InChI is InChI=1S/C20H23ClN4O3/c1-19(2)18(16-9-6-12-28-16)24(26)20(25(19)27)11-4-3-10-17(20)23-22-15-8-5-7-14(21)13-15/h5-9,12-13,22,27H,3-4,10-11H2,1-2H3. The molecule has 2 aromatic rings. The van der Waals surface area contributed by atoms with E-state index in [4.69, 9.17) is 16.0 Å². The first-order chi connectivity index (χ1) is 13.4. The Morgan fingerprint density at radius 1 is 1.29 bits per heavy atom. The average molecular weight is 403 g/mol. The smallest absolute Gasteiger partial charge is 0.292 e. The second-order valence-corrected chi connectivity index (χ2v) is 8.13. The lowest BCUT2D eigenvalue weighted by Gasteiger charge is -2.38. The van der Waals surface area contributed by atoms with Crippen molar-refractivity contribution in [2.75, 3.05) is 5.43 Å². The molecule has 2 aliphatic rings. The molecule has 1 aliphatic heterocycles. The van der Waals surface area contributed by atoms with Gasteiger partial charge in [0.1, 0.15) is 11.3 Å². The second-order valence-electron chi connectivity index (χ2n) is 7.70. The highest BCUT2D eigenvalue weighted by Gasteiger charge is 2.66. The minimum absolute atomic E-state index is 0.386. The number of hydrogen-bond acceptors (Lipinski definition) is 6. The van der Waals surface area contributed by atoms with Gasteiger partial charge in [0.25, 0.3) is 11.4 Å². The molecule has 4 rings (SSSR count). The Morgan fingerprint density at radius 3 is 2.82 bits per heavy atom. The lowest BCUT2D eigenvalue weighted by molar-refractivity contribution is -0.568. The van der Waals surface area contributed by atoms with Gasteiger partial charge in [-0.15, -0.1) is 5.06 Å². The van der Waals surface area contributed by atoms with E-state index in [1.807, 2.05) is 12.1 Å². The van der Waals surface area contributed by atoms with E-state index < -0.39 is 11.2 Å². The number of furan rings is 1. The maximum absolute atomic E-state index is 13.6. The molecule has 0 amide bonds. The van der Waals surface area contributed by atoms with Crippen LogP contribution < -0.4 is 5.43 Å². The number of hydrazone groups is 1. The van der Waals surface area contributed by atoms with E-state index in [1.54, 1.807) is 38.1 Å². The van der Waals surface area contributed by atoms with Gasteiger partial charge in [-0.1, -0.05) is 17.7 Å². The van der Waals surface area contributed by atoms with Crippen molar-refractivity contribution in [3.8, 4) is 0 Å². The molecule has 1 aromatic carbocycles. The number of rotatable bonds is 3. The summed E-state index contributed by atoms with van der Waals surface area (Å²) in [7, 11) is 0. The molecule has 8 heteroatoms. The Bertz CT molecular complexity index is 939. The Balaban J connectivity index is 1.79. The molecule has 2 N–H and O–H groups in total. The predicted octanol–water partition coefficient (Wildman–Crippen LogP) is 4.45. The van der Waals surface area contributed by atoms with Crippen molar-refractivity contribution in [2.45, 2.75) is 50.7 Å². The van der Waals surface area contributed by atoms with Gasteiger partial charge in [-0.2, -0.15) is 9.84 Å². The summed E-state index contributed by atoms with van der Waals surface area (Å²) >= 11 is 6.04. The topological polar surface area (TPSA) is 87.1 Å². The highest BCUT2D eigenvalue weighted by Crippen LogP contribution is 2.42. The van der Waals surface area contributed by atoms with Crippen LogP contribution in [0.25, 0.3) is 0 Å². The molecular weight excluding hydrogens is 380 g/mol. The summed E-state index contributed by atoms with van der Waals surface area (Å²) in [5.41, 5.74) is 2.48. The summed E-state index contributed by atoms with van der Waals surface area (Å²) in [4.78, 5) is 0. The number of benzene rings is 1. The molecule has 1 atom stereocenters. The van der Waals surface area contributed by atoms with Crippen molar-refractivity contribution >= 4 is 28.7 Å². The molecule has 28 heavy (non-hydrogen) atoms. The third kappa shape index (κ3) is 2.82. The van der Waals surface area contributed by atoms with Crippen LogP contribution in [-0.2, 0) is 0 Å². The van der Waals surface area contributed by atoms with Gasteiger partial charge >= 0.3 is 0 Å². The molecule has 148 valence electrons. The molecular formula is C20H23ClN4O3. The molecule has 0 radical (unpaired) electrons. The molecule has 1 fully saturated rings. The number of nitrogens with zero attached hydrogens (tertiary/aromatic N) is 3. The highest BCUT2D eigenvalue weighted by atomic mass is 35.5. The van der Waals surface area contributed by atoms with Crippen molar-refractivity contribution in [3.63, 3.8) is 0 Å². The monoisotopic (exact) mass is 402 g/mol. The van der Waals surface area contributed by atoms with E-state index in [0.29, 0.717) is 35.0 Å². The minimum atomic E-state index is -1.27. The Hall–Kier alpha value is -2.35. The highest BCUT2D eigenvalue weighted by molar-refractivity contribution is 6.30. The van der Waals surface area contributed by atoms with Crippen LogP contribution in [0.3, 0.4) is 0 Å². The first kappa shape index (κ1) is 19.0. The summed E-state index contributed by atoms with van der Waals surface area (Å²) in [6.07, 6.45) is 4.31. The largest absolute Gasteiger partial charge is 0.622 e. The van der Waals surface area contributed by atoms with Crippen LogP contribution in [0.4, 0.5) is 5.69 Å². The number of hydrogen-bond donors (Lipinski definition) is 2. The number of halogens is 1. The second kappa shape index (κ2) is 6.92. The summed E-state index contributed by atoms with van der Waals surface area (Å²) in [5.74, 6) is 0.448. The van der Waals surface area contributed by atoms with Gasteiger partial charge in [0, 0.05) is 11.4 Å². The number of nitrogens with one attached hydrogen (secondary N) is 1. The van der Waals surface area contributed by atoms with E-state index in [0.717, 1.165) is 28.3 Å². The van der Waals surface area contributed by atoms with E-state index in [9.17, 15) is 10.4 Å². The van der Waals surface area contributed by atoms with Crippen molar-refractivity contribution in [1.82, 2.24) is 5.06 Å². The predicted molar refractivity (Wildman–Crippen MR) is 108 cm³/mol. The molecule has 1 aromatic heterocycles. The molecule has 1 spiro atoms. The van der Waals surface area contributed by atoms with Gasteiger partial charge in [-0.3, -0.25) is 5.43 Å². The first-order valence-corrected chi connectivity index (χ1v) is 9.71. The van der Waals surface area contributed by atoms with Crippen LogP contribution in [0, 0.1) is 5.21 Å². The van der Waals surface area contributed by atoms with Crippen molar-refractivity contribution in [3.05, 3.63) is 58.7 Å². The number of hydroxylamine groups is 3. The van der Waals surface area contributed by atoms with Crippen LogP contribution in [-0.4, -0.2) is 37.6 Å². The lowest BCUT2D eigenvalue weighted by atomic mass is 9.86. The molecule has 1 saturated carbocycles. The maximum Gasteiger partial charge on any atom is 0.292 e. The SMILES string of the molecule is CC1(C)C(c2ccco2)=[N+]([O-])C2(CCCCC2=NNc2cccc(Cl)c2)N1O. The van der Waals surface area contributed by atoms with E-state index in [2.05, 4.69) is 10.5 Å². The van der Waals surface area contributed by atoms with Gasteiger partial charge in [-0.05, 0) is 63.4 Å².